The van der Waals surface area contributed by atoms with Crippen molar-refractivity contribution in [3.8, 4) is 11.8 Å². The van der Waals surface area contributed by atoms with Gasteiger partial charge in [0.25, 0.3) is 0 Å². The molecule has 0 N–H and O–H groups in total. The first kappa shape index (κ1) is 7.23. The van der Waals surface area contributed by atoms with E-state index < -0.39 is 0 Å². The highest BCUT2D eigenvalue weighted by Gasteiger charge is 2.02. The Morgan fingerprint density at radius 3 is 2.00 bits per heavy atom. The van der Waals surface area contributed by atoms with Gasteiger partial charge in [0.05, 0.1) is 0 Å². The van der Waals surface area contributed by atoms with Gasteiger partial charge in [-0.3, -0.25) is 4.79 Å². The van der Waals surface area contributed by atoms with E-state index in [-0.39, 0.29) is 5.41 Å². The van der Waals surface area contributed by atoms with Gasteiger partial charge in [0, 0.05) is 5.41 Å². The molecule has 0 atom stereocenters. The minimum absolute atomic E-state index is 0.0408. The van der Waals surface area contributed by atoms with Gasteiger partial charge in [0.1, 0.15) is 0 Å². The van der Waals surface area contributed by atoms with Crippen molar-refractivity contribution in [2.75, 3.05) is 0 Å². The number of carbonyl (C=O) groups is 1. The maximum atomic E-state index is 9.68. The van der Waals surface area contributed by atoms with E-state index in [0.717, 1.165) is 0 Å². The lowest BCUT2D eigenvalue weighted by Crippen LogP contribution is -1.98. The Bertz CT molecular complexity index is 129. The van der Waals surface area contributed by atoms with Gasteiger partial charge in [-0.25, -0.2) is 0 Å². The first-order valence-corrected chi connectivity index (χ1v) is 2.52. The van der Waals surface area contributed by atoms with Crippen LogP contribution in [0.4, 0.5) is 0 Å². The minimum Gasteiger partial charge on any atom is -0.289 e. The van der Waals surface area contributed by atoms with Crippen LogP contribution >= 0.6 is 0 Å². The molecule has 0 fully saturated rings. The van der Waals surface area contributed by atoms with Crippen molar-refractivity contribution in [3.63, 3.8) is 0 Å². The van der Waals surface area contributed by atoms with Crippen molar-refractivity contribution in [2.24, 2.45) is 5.41 Å². The lowest BCUT2D eigenvalue weighted by atomic mass is 9.98. The van der Waals surface area contributed by atoms with E-state index in [1.54, 1.807) is 0 Å². The summed E-state index contributed by atoms with van der Waals surface area (Å²) in [6.45, 7) is 5.89. The Morgan fingerprint density at radius 2 is 1.88 bits per heavy atom. The fraction of sp³-hybridized carbons (Fsp3) is 0.571. The van der Waals surface area contributed by atoms with Crippen molar-refractivity contribution in [1.82, 2.24) is 0 Å². The van der Waals surface area contributed by atoms with E-state index >= 15 is 0 Å². The molecule has 0 heterocycles. The third-order valence-corrected chi connectivity index (χ3v) is 0.506. The molecule has 0 radical (unpaired) electrons. The summed E-state index contributed by atoms with van der Waals surface area (Å²) in [7, 11) is 0. The van der Waals surface area contributed by atoms with Gasteiger partial charge < -0.3 is 0 Å². The summed E-state index contributed by atoms with van der Waals surface area (Å²) >= 11 is 0. The van der Waals surface area contributed by atoms with Crippen molar-refractivity contribution in [3.05, 3.63) is 0 Å². The number of aldehydes is 1. The predicted octanol–water partition coefficient (Wildman–Crippen LogP) is 1.23. The summed E-state index contributed by atoms with van der Waals surface area (Å²) in [5.41, 5.74) is -0.0408. The van der Waals surface area contributed by atoms with Gasteiger partial charge in [-0.15, -0.1) is 0 Å². The van der Waals surface area contributed by atoms with E-state index in [4.69, 9.17) is 0 Å². The summed E-state index contributed by atoms with van der Waals surface area (Å²) in [6, 6.07) is 0. The SMILES string of the molecule is CC(C)(C)C#CC=O. The van der Waals surface area contributed by atoms with Gasteiger partial charge in [-0.1, -0.05) is 5.92 Å². The normalized spacial score (nSPS) is 9.38. The van der Waals surface area contributed by atoms with Gasteiger partial charge in [-0.05, 0) is 26.7 Å². The number of hydrogen-bond acceptors (Lipinski definition) is 1. The predicted molar refractivity (Wildman–Crippen MR) is 33.3 cm³/mol. The molecule has 44 valence electrons. The second-order valence-corrected chi connectivity index (χ2v) is 2.64. The van der Waals surface area contributed by atoms with Crippen LogP contribution in [0.1, 0.15) is 20.8 Å². The molecule has 0 aromatic heterocycles. The summed E-state index contributed by atoms with van der Waals surface area (Å²) in [4.78, 5) is 9.68. The van der Waals surface area contributed by atoms with Crippen LogP contribution in [0, 0.1) is 17.3 Å². The van der Waals surface area contributed by atoms with E-state index in [2.05, 4.69) is 11.8 Å². The van der Waals surface area contributed by atoms with Crippen molar-refractivity contribution < 1.29 is 4.79 Å². The van der Waals surface area contributed by atoms with E-state index in [0.29, 0.717) is 6.29 Å². The van der Waals surface area contributed by atoms with Crippen molar-refractivity contribution in [1.29, 1.82) is 0 Å². The summed E-state index contributed by atoms with van der Waals surface area (Å²) in [6.07, 6.45) is 0.616. The third kappa shape index (κ3) is 5.23. The second kappa shape index (κ2) is 2.52. The zero-order valence-electron chi connectivity index (χ0n) is 5.49. The maximum absolute atomic E-state index is 9.68. The molecule has 0 aliphatic heterocycles. The van der Waals surface area contributed by atoms with E-state index in [1.165, 1.54) is 0 Å². The molecular weight excluding hydrogens is 100 g/mol. The topological polar surface area (TPSA) is 17.1 Å². The largest absolute Gasteiger partial charge is 0.289 e. The molecule has 0 saturated heterocycles. The molecule has 0 unspecified atom stereocenters. The van der Waals surface area contributed by atoms with Gasteiger partial charge in [0.15, 0.2) is 6.29 Å². The molecule has 0 aromatic carbocycles. The molecule has 0 saturated carbocycles. The van der Waals surface area contributed by atoms with Crippen molar-refractivity contribution in [2.45, 2.75) is 20.8 Å². The molecule has 0 rings (SSSR count). The van der Waals surface area contributed by atoms with Crippen molar-refractivity contribution >= 4 is 6.29 Å². The molecule has 0 aliphatic rings. The molecule has 8 heavy (non-hydrogen) atoms. The standard InChI is InChI=1S/C7H10O/c1-7(2,3)5-4-6-8/h6H,1-3H3. The summed E-state index contributed by atoms with van der Waals surface area (Å²) < 4.78 is 0. The molecule has 0 amide bonds. The zero-order valence-corrected chi connectivity index (χ0v) is 5.49. The first-order chi connectivity index (χ1) is 3.56. The zero-order chi connectivity index (χ0) is 6.62. The average Bonchev–Trinajstić information content (AvgIpc) is 1.59. The highest BCUT2D eigenvalue weighted by atomic mass is 16.1. The van der Waals surface area contributed by atoms with E-state index in [9.17, 15) is 4.79 Å². The van der Waals surface area contributed by atoms with Crippen LogP contribution in [0.15, 0.2) is 0 Å². The highest BCUT2D eigenvalue weighted by molar-refractivity contribution is 5.72. The summed E-state index contributed by atoms with van der Waals surface area (Å²) in [5.74, 6) is 5.11. The lowest BCUT2D eigenvalue weighted by Gasteiger charge is -2.05. The van der Waals surface area contributed by atoms with Crippen LogP contribution in [-0.2, 0) is 4.79 Å². The first-order valence-electron chi connectivity index (χ1n) is 2.52. The van der Waals surface area contributed by atoms with Crippen LogP contribution in [0.5, 0.6) is 0 Å². The van der Waals surface area contributed by atoms with E-state index in [1.807, 2.05) is 20.8 Å². The molecule has 1 heteroatoms. The van der Waals surface area contributed by atoms with Gasteiger partial charge >= 0.3 is 0 Å². The van der Waals surface area contributed by atoms with Crippen LogP contribution < -0.4 is 0 Å². The van der Waals surface area contributed by atoms with Gasteiger partial charge in [0.2, 0.25) is 0 Å². The molecule has 0 spiro atoms. The second-order valence-electron chi connectivity index (χ2n) is 2.64. The molecule has 0 aliphatic carbocycles. The fourth-order valence-corrected chi connectivity index (χ4v) is 0.246. The molecular formula is C7H10O. The lowest BCUT2D eigenvalue weighted by molar-refractivity contribution is -0.103. The molecule has 0 bridgehead atoms. The Kier molecular flexibility index (Phi) is 2.27. The minimum atomic E-state index is -0.0408. The number of carbonyl (C=O) groups excluding carboxylic acids is 1. The maximum Gasteiger partial charge on any atom is 0.192 e. The number of rotatable bonds is 0. The summed E-state index contributed by atoms with van der Waals surface area (Å²) in [5, 5.41) is 0. The Morgan fingerprint density at radius 1 is 1.38 bits per heavy atom. The number of hydrogen-bond donors (Lipinski definition) is 0. The average molecular weight is 110 g/mol. The van der Waals surface area contributed by atoms with Crippen LogP contribution in [0.3, 0.4) is 0 Å². The Balaban J connectivity index is 3.87. The smallest absolute Gasteiger partial charge is 0.192 e. The Hall–Kier alpha value is -0.770. The monoisotopic (exact) mass is 110 g/mol. The highest BCUT2D eigenvalue weighted by Crippen LogP contribution is 2.08. The van der Waals surface area contributed by atoms with Crippen LogP contribution in [0.25, 0.3) is 0 Å². The molecule has 0 aromatic rings. The molecule has 1 nitrogen and oxygen atoms in total. The van der Waals surface area contributed by atoms with Crippen LogP contribution in [0.2, 0.25) is 0 Å². The van der Waals surface area contributed by atoms with Crippen LogP contribution in [-0.4, -0.2) is 6.29 Å². The van der Waals surface area contributed by atoms with Gasteiger partial charge in [-0.2, -0.15) is 0 Å². The quantitative estimate of drug-likeness (QED) is 0.338. The third-order valence-electron chi connectivity index (χ3n) is 0.506. The Labute approximate surface area is 50.1 Å². The fourth-order valence-electron chi connectivity index (χ4n) is 0.246.